The van der Waals surface area contributed by atoms with E-state index in [1.165, 1.54) is 0 Å². The van der Waals surface area contributed by atoms with E-state index in [0.29, 0.717) is 24.8 Å². The fourth-order valence-electron chi connectivity index (χ4n) is 3.16. The standard InChI is InChI=1S/C17H24N4O2S/c1-14-7-6-11-21(13-14)24(22,23)19-16(15-8-4-3-5-9-15)17-18-10-12-20(17)2/h3-5,8-10,12,14,16,19H,6-7,11,13H2,1-2H3/t14-,16-/m1/s1. The predicted molar refractivity (Wildman–Crippen MR) is 93.5 cm³/mol. The molecule has 0 saturated carbocycles. The lowest BCUT2D eigenvalue weighted by atomic mass is 10.0. The highest BCUT2D eigenvalue weighted by Gasteiger charge is 2.31. The van der Waals surface area contributed by atoms with Gasteiger partial charge in [-0.3, -0.25) is 0 Å². The summed E-state index contributed by atoms with van der Waals surface area (Å²) >= 11 is 0. The maximum Gasteiger partial charge on any atom is 0.280 e. The quantitative estimate of drug-likeness (QED) is 0.899. The number of rotatable bonds is 5. The van der Waals surface area contributed by atoms with Gasteiger partial charge >= 0.3 is 0 Å². The number of aromatic nitrogens is 2. The van der Waals surface area contributed by atoms with E-state index < -0.39 is 16.3 Å². The number of imidazole rings is 1. The van der Waals surface area contributed by atoms with Crippen molar-refractivity contribution in [2.24, 2.45) is 13.0 Å². The van der Waals surface area contributed by atoms with Gasteiger partial charge in [0.05, 0.1) is 0 Å². The van der Waals surface area contributed by atoms with E-state index in [0.717, 1.165) is 18.4 Å². The largest absolute Gasteiger partial charge is 0.336 e. The first-order valence-electron chi connectivity index (χ1n) is 8.27. The lowest BCUT2D eigenvalue weighted by Crippen LogP contribution is -2.47. The van der Waals surface area contributed by atoms with Gasteiger partial charge in [0.25, 0.3) is 10.2 Å². The molecule has 2 atom stereocenters. The highest BCUT2D eigenvalue weighted by Crippen LogP contribution is 2.24. The van der Waals surface area contributed by atoms with Crippen LogP contribution in [-0.2, 0) is 17.3 Å². The molecule has 2 aromatic rings. The average Bonchev–Trinajstić information content (AvgIpc) is 2.99. The van der Waals surface area contributed by atoms with Crippen LogP contribution >= 0.6 is 0 Å². The second-order valence-corrected chi connectivity index (χ2v) is 8.17. The predicted octanol–water partition coefficient (Wildman–Crippen LogP) is 2.08. The number of nitrogens with one attached hydrogen (secondary N) is 1. The van der Waals surface area contributed by atoms with Crippen molar-refractivity contribution < 1.29 is 8.42 Å². The Kier molecular flexibility index (Phi) is 5.03. The van der Waals surface area contributed by atoms with Crippen molar-refractivity contribution in [2.75, 3.05) is 13.1 Å². The van der Waals surface area contributed by atoms with Gasteiger partial charge in [-0.15, -0.1) is 0 Å². The van der Waals surface area contributed by atoms with Gasteiger partial charge in [0.1, 0.15) is 11.9 Å². The summed E-state index contributed by atoms with van der Waals surface area (Å²) in [6, 6.07) is 9.06. The summed E-state index contributed by atoms with van der Waals surface area (Å²) in [5.41, 5.74) is 0.875. The molecule has 0 radical (unpaired) electrons. The maximum atomic E-state index is 12.9. The molecule has 1 aromatic carbocycles. The first-order chi connectivity index (χ1) is 11.5. The van der Waals surface area contributed by atoms with Crippen LogP contribution in [0.3, 0.4) is 0 Å². The van der Waals surface area contributed by atoms with Crippen molar-refractivity contribution >= 4 is 10.2 Å². The molecule has 6 nitrogen and oxygen atoms in total. The molecule has 0 spiro atoms. The lowest BCUT2D eigenvalue weighted by Gasteiger charge is -2.31. The Hall–Kier alpha value is -1.70. The van der Waals surface area contributed by atoms with E-state index in [9.17, 15) is 8.42 Å². The van der Waals surface area contributed by atoms with Gasteiger partial charge in [-0.25, -0.2) is 4.98 Å². The van der Waals surface area contributed by atoms with Crippen LogP contribution in [0.1, 0.15) is 37.2 Å². The number of piperidine rings is 1. The molecule has 24 heavy (non-hydrogen) atoms. The minimum atomic E-state index is -3.58. The highest BCUT2D eigenvalue weighted by molar-refractivity contribution is 7.87. The summed E-state index contributed by atoms with van der Waals surface area (Å²) in [5.74, 6) is 1.06. The molecule has 0 aliphatic carbocycles. The zero-order chi connectivity index (χ0) is 17.2. The van der Waals surface area contributed by atoms with Gasteiger partial charge < -0.3 is 4.57 Å². The Morgan fingerprint density at radius 3 is 2.67 bits per heavy atom. The van der Waals surface area contributed by atoms with Gasteiger partial charge in [0, 0.05) is 32.5 Å². The van der Waals surface area contributed by atoms with Crippen LogP contribution in [0.5, 0.6) is 0 Å². The Bertz CT molecular complexity index is 773. The van der Waals surface area contributed by atoms with E-state index >= 15 is 0 Å². The van der Waals surface area contributed by atoms with E-state index in [4.69, 9.17) is 0 Å². The van der Waals surface area contributed by atoms with Crippen molar-refractivity contribution in [1.82, 2.24) is 18.6 Å². The molecule has 0 unspecified atom stereocenters. The van der Waals surface area contributed by atoms with Gasteiger partial charge in [-0.2, -0.15) is 17.4 Å². The van der Waals surface area contributed by atoms with Crippen molar-refractivity contribution in [1.29, 1.82) is 0 Å². The van der Waals surface area contributed by atoms with E-state index in [1.54, 1.807) is 10.5 Å². The molecule has 0 amide bonds. The fraction of sp³-hybridized carbons (Fsp3) is 0.471. The third kappa shape index (κ3) is 3.68. The molecule has 2 heterocycles. The van der Waals surface area contributed by atoms with Crippen LogP contribution in [-0.4, -0.2) is 35.4 Å². The average molecular weight is 348 g/mol. The van der Waals surface area contributed by atoms with Gasteiger partial charge in [0.2, 0.25) is 0 Å². The summed E-state index contributed by atoms with van der Waals surface area (Å²) in [7, 11) is -1.71. The van der Waals surface area contributed by atoms with Gasteiger partial charge in [0.15, 0.2) is 0 Å². The molecule has 0 bridgehead atoms. The molecule has 1 aromatic heterocycles. The maximum absolute atomic E-state index is 12.9. The van der Waals surface area contributed by atoms with Crippen molar-refractivity contribution in [3.63, 3.8) is 0 Å². The second kappa shape index (κ2) is 7.04. The third-order valence-electron chi connectivity index (χ3n) is 4.48. The third-order valence-corrected chi connectivity index (χ3v) is 6.02. The molecule has 130 valence electrons. The van der Waals surface area contributed by atoms with Crippen molar-refractivity contribution in [3.05, 3.63) is 54.1 Å². The van der Waals surface area contributed by atoms with Crippen molar-refractivity contribution in [2.45, 2.75) is 25.8 Å². The monoisotopic (exact) mass is 348 g/mol. The minimum Gasteiger partial charge on any atom is -0.336 e. The molecule has 1 saturated heterocycles. The Morgan fingerprint density at radius 2 is 2.04 bits per heavy atom. The summed E-state index contributed by atoms with van der Waals surface area (Å²) in [6.45, 7) is 3.23. The van der Waals surface area contributed by atoms with Crippen LogP contribution in [0.4, 0.5) is 0 Å². The Balaban J connectivity index is 1.91. The van der Waals surface area contributed by atoms with Crippen molar-refractivity contribution in [3.8, 4) is 0 Å². The SMILES string of the molecule is C[C@@H]1CCCN(S(=O)(=O)N[C@H](c2ccccc2)c2nccn2C)C1. The zero-order valence-corrected chi connectivity index (χ0v) is 14.9. The van der Waals surface area contributed by atoms with Crippen LogP contribution in [0.15, 0.2) is 42.7 Å². The first kappa shape index (κ1) is 17.1. The smallest absolute Gasteiger partial charge is 0.280 e. The number of hydrogen-bond acceptors (Lipinski definition) is 3. The minimum absolute atomic E-state index is 0.388. The molecule has 1 aliphatic rings. The van der Waals surface area contributed by atoms with E-state index in [1.807, 2.05) is 48.1 Å². The topological polar surface area (TPSA) is 67.2 Å². The van der Waals surface area contributed by atoms with Crippen LogP contribution < -0.4 is 4.72 Å². The Labute approximate surface area is 143 Å². The first-order valence-corrected chi connectivity index (χ1v) is 9.71. The van der Waals surface area contributed by atoms with E-state index in [-0.39, 0.29) is 0 Å². The van der Waals surface area contributed by atoms with Gasteiger partial charge in [-0.05, 0) is 24.3 Å². The lowest BCUT2D eigenvalue weighted by molar-refractivity contribution is 0.277. The summed E-state index contributed by atoms with van der Waals surface area (Å²) in [6.07, 6.45) is 5.49. The number of benzene rings is 1. The van der Waals surface area contributed by atoms with Crippen LogP contribution in [0.2, 0.25) is 0 Å². The second-order valence-electron chi connectivity index (χ2n) is 6.47. The molecule has 1 fully saturated rings. The Morgan fingerprint density at radius 1 is 1.29 bits per heavy atom. The number of nitrogens with zero attached hydrogens (tertiary/aromatic N) is 3. The normalized spacial score (nSPS) is 20.8. The molecule has 3 rings (SSSR count). The van der Waals surface area contributed by atoms with E-state index in [2.05, 4.69) is 16.6 Å². The van der Waals surface area contributed by atoms with Gasteiger partial charge in [-0.1, -0.05) is 37.3 Å². The summed E-state index contributed by atoms with van der Waals surface area (Å²) in [4.78, 5) is 4.35. The fourth-order valence-corrected chi connectivity index (χ4v) is 4.67. The molecular formula is C17H24N4O2S. The number of hydrogen-bond donors (Lipinski definition) is 1. The molecular weight excluding hydrogens is 324 g/mol. The zero-order valence-electron chi connectivity index (χ0n) is 14.1. The molecule has 7 heteroatoms. The summed E-state index contributed by atoms with van der Waals surface area (Å²) < 4.78 is 32.1. The highest BCUT2D eigenvalue weighted by atomic mass is 32.2. The molecule has 1 aliphatic heterocycles. The number of aryl methyl sites for hydroxylation is 1. The van der Waals surface area contributed by atoms with Crippen LogP contribution in [0.25, 0.3) is 0 Å². The molecule has 1 N–H and O–H groups in total. The van der Waals surface area contributed by atoms with Crippen LogP contribution in [0, 0.1) is 5.92 Å². The summed E-state index contributed by atoms with van der Waals surface area (Å²) in [5, 5.41) is 0.